The predicted octanol–water partition coefficient (Wildman–Crippen LogP) is 5.19. The molecule has 0 unspecified atom stereocenters. The number of carbonyl (C=O) groups is 1. The molecular weight excluding hydrogens is 390 g/mol. The first-order chi connectivity index (χ1) is 13.5. The fraction of sp³-hybridized carbons (Fsp3) is 0.273. The van der Waals surface area contributed by atoms with Crippen molar-refractivity contribution >= 4 is 40.3 Å². The second-order valence-corrected chi connectivity index (χ2v) is 8.02. The van der Waals surface area contributed by atoms with E-state index in [0.717, 1.165) is 11.1 Å². The third-order valence-electron chi connectivity index (χ3n) is 4.27. The van der Waals surface area contributed by atoms with Gasteiger partial charge in [-0.15, -0.1) is 0 Å². The molecule has 1 saturated heterocycles. The summed E-state index contributed by atoms with van der Waals surface area (Å²) >= 11 is 6.60. The van der Waals surface area contributed by atoms with Gasteiger partial charge in [0.25, 0.3) is 5.91 Å². The van der Waals surface area contributed by atoms with Crippen LogP contribution in [0.2, 0.25) is 0 Å². The quantitative estimate of drug-likeness (QED) is 0.461. The average molecular weight is 414 g/mol. The maximum absolute atomic E-state index is 12.4. The lowest BCUT2D eigenvalue weighted by Gasteiger charge is -2.13. The molecule has 3 rings (SSSR count). The lowest BCUT2D eigenvalue weighted by molar-refractivity contribution is -0.121. The van der Waals surface area contributed by atoms with Gasteiger partial charge in [0.15, 0.2) is 11.5 Å². The molecule has 1 aliphatic heterocycles. The number of aryl methyl sites for hydroxylation is 1. The van der Waals surface area contributed by atoms with Gasteiger partial charge in [-0.2, -0.15) is 0 Å². The number of benzene rings is 2. The van der Waals surface area contributed by atoms with Crippen LogP contribution in [0.1, 0.15) is 30.5 Å². The molecule has 0 aliphatic carbocycles. The average Bonchev–Trinajstić information content (AvgIpc) is 2.95. The Bertz CT molecular complexity index is 906. The Labute approximate surface area is 175 Å². The number of amides is 1. The molecular formula is C22H23NO3S2. The minimum atomic E-state index is -0.0462. The molecule has 28 heavy (non-hydrogen) atoms. The number of rotatable bonds is 7. The van der Waals surface area contributed by atoms with E-state index in [2.05, 4.69) is 31.2 Å². The van der Waals surface area contributed by atoms with E-state index in [1.165, 1.54) is 17.3 Å². The zero-order chi connectivity index (χ0) is 20.1. The Hall–Kier alpha value is -2.31. The summed E-state index contributed by atoms with van der Waals surface area (Å²) in [6, 6.07) is 13.9. The highest BCUT2D eigenvalue weighted by molar-refractivity contribution is 8.26. The number of hydrogen-bond donors (Lipinski definition) is 0. The second kappa shape index (κ2) is 9.26. The van der Waals surface area contributed by atoms with Gasteiger partial charge in [-0.25, -0.2) is 0 Å². The Morgan fingerprint density at radius 3 is 2.46 bits per heavy atom. The van der Waals surface area contributed by atoms with Gasteiger partial charge in [0.05, 0.1) is 11.5 Å². The van der Waals surface area contributed by atoms with E-state index in [9.17, 15) is 4.79 Å². The lowest BCUT2D eigenvalue weighted by Crippen LogP contribution is -2.27. The Balaban J connectivity index is 1.79. The van der Waals surface area contributed by atoms with Crippen LogP contribution in [-0.2, 0) is 11.4 Å². The van der Waals surface area contributed by atoms with Crippen LogP contribution in [0.3, 0.4) is 0 Å². The first-order valence-electron chi connectivity index (χ1n) is 9.22. The zero-order valence-corrected chi connectivity index (χ0v) is 17.9. The summed E-state index contributed by atoms with van der Waals surface area (Å²) in [5.74, 6) is 1.30. The first kappa shape index (κ1) is 20.4. The van der Waals surface area contributed by atoms with E-state index in [-0.39, 0.29) is 5.91 Å². The highest BCUT2D eigenvalue weighted by atomic mass is 32.2. The molecule has 4 nitrogen and oxygen atoms in total. The zero-order valence-electron chi connectivity index (χ0n) is 16.2. The molecule has 2 aromatic carbocycles. The van der Waals surface area contributed by atoms with Gasteiger partial charge < -0.3 is 9.47 Å². The van der Waals surface area contributed by atoms with Crippen molar-refractivity contribution in [2.24, 2.45) is 0 Å². The van der Waals surface area contributed by atoms with E-state index < -0.39 is 0 Å². The molecule has 0 atom stereocenters. The summed E-state index contributed by atoms with van der Waals surface area (Å²) in [6.45, 7) is 7.49. The molecule has 146 valence electrons. The van der Waals surface area contributed by atoms with E-state index in [1.54, 1.807) is 4.90 Å². The van der Waals surface area contributed by atoms with Crippen LogP contribution in [0.5, 0.6) is 11.5 Å². The SMILES string of the molecule is CCOc1cc(/C=C2\SC(=S)N(CC)C2=O)ccc1OCc1ccc(C)cc1. The topological polar surface area (TPSA) is 38.8 Å². The van der Waals surface area contributed by atoms with E-state index >= 15 is 0 Å². The molecule has 1 aliphatic rings. The van der Waals surface area contributed by atoms with Gasteiger partial charge in [-0.05, 0) is 50.1 Å². The highest BCUT2D eigenvalue weighted by Crippen LogP contribution is 2.35. The summed E-state index contributed by atoms with van der Waals surface area (Å²) < 4.78 is 12.3. The molecule has 0 saturated carbocycles. The van der Waals surface area contributed by atoms with Crippen molar-refractivity contribution in [2.75, 3.05) is 13.2 Å². The van der Waals surface area contributed by atoms with Crippen molar-refractivity contribution in [3.05, 3.63) is 64.1 Å². The van der Waals surface area contributed by atoms with Crippen LogP contribution in [0.4, 0.5) is 0 Å². The molecule has 0 N–H and O–H groups in total. The Morgan fingerprint density at radius 1 is 1.07 bits per heavy atom. The number of hydrogen-bond acceptors (Lipinski definition) is 5. The number of ether oxygens (including phenoxy) is 2. The minimum Gasteiger partial charge on any atom is -0.490 e. The smallest absolute Gasteiger partial charge is 0.266 e. The number of thiocarbonyl (C=S) groups is 1. The number of nitrogens with zero attached hydrogens (tertiary/aromatic N) is 1. The summed E-state index contributed by atoms with van der Waals surface area (Å²) in [7, 11) is 0. The van der Waals surface area contributed by atoms with Crippen LogP contribution >= 0.6 is 24.0 Å². The molecule has 0 radical (unpaired) electrons. The van der Waals surface area contributed by atoms with Crippen molar-refractivity contribution < 1.29 is 14.3 Å². The molecule has 1 fully saturated rings. The fourth-order valence-electron chi connectivity index (χ4n) is 2.77. The van der Waals surface area contributed by atoms with Crippen molar-refractivity contribution in [1.29, 1.82) is 0 Å². The fourth-order valence-corrected chi connectivity index (χ4v) is 4.16. The molecule has 1 heterocycles. The molecule has 1 amide bonds. The first-order valence-corrected chi connectivity index (χ1v) is 10.4. The largest absolute Gasteiger partial charge is 0.490 e. The van der Waals surface area contributed by atoms with E-state index in [4.69, 9.17) is 21.7 Å². The molecule has 0 bridgehead atoms. The summed E-state index contributed by atoms with van der Waals surface area (Å²) in [5.41, 5.74) is 3.19. The summed E-state index contributed by atoms with van der Waals surface area (Å²) in [5, 5.41) is 0. The number of thioether (sulfide) groups is 1. The van der Waals surface area contributed by atoms with E-state index in [1.807, 2.05) is 38.1 Å². The maximum Gasteiger partial charge on any atom is 0.266 e. The van der Waals surface area contributed by atoms with Crippen molar-refractivity contribution in [1.82, 2.24) is 4.90 Å². The van der Waals surface area contributed by atoms with Gasteiger partial charge in [0.1, 0.15) is 10.9 Å². The monoisotopic (exact) mass is 413 g/mol. The van der Waals surface area contributed by atoms with Gasteiger partial charge >= 0.3 is 0 Å². The predicted molar refractivity (Wildman–Crippen MR) is 119 cm³/mol. The normalized spacial score (nSPS) is 15.4. The van der Waals surface area contributed by atoms with Crippen LogP contribution in [0, 0.1) is 6.92 Å². The molecule has 6 heteroatoms. The molecule has 0 aromatic heterocycles. The van der Waals surface area contributed by atoms with Crippen molar-refractivity contribution in [3.63, 3.8) is 0 Å². The van der Waals surface area contributed by atoms with Crippen molar-refractivity contribution in [3.8, 4) is 11.5 Å². The number of likely N-dealkylation sites (N-methyl/N-ethyl adjacent to an activating group) is 1. The third-order valence-corrected chi connectivity index (χ3v) is 5.65. The standard InChI is InChI=1S/C22H23NO3S2/c1-4-23-21(24)20(28-22(23)27)13-17-10-11-18(19(12-17)25-5-2)26-14-16-8-6-15(3)7-9-16/h6-13H,4-5,14H2,1-3H3/b20-13-. The highest BCUT2D eigenvalue weighted by Gasteiger charge is 2.30. The van der Waals surface area contributed by atoms with Gasteiger partial charge in [-0.3, -0.25) is 9.69 Å². The third kappa shape index (κ3) is 4.75. The second-order valence-electron chi connectivity index (χ2n) is 6.34. The minimum absolute atomic E-state index is 0.0462. The molecule has 0 spiro atoms. The Kier molecular flexibility index (Phi) is 6.75. The van der Waals surface area contributed by atoms with Gasteiger partial charge in [-0.1, -0.05) is 59.9 Å². The lowest BCUT2D eigenvalue weighted by atomic mass is 10.1. The maximum atomic E-state index is 12.4. The van der Waals surface area contributed by atoms with Crippen LogP contribution in [0.25, 0.3) is 6.08 Å². The van der Waals surface area contributed by atoms with Crippen molar-refractivity contribution in [2.45, 2.75) is 27.4 Å². The summed E-state index contributed by atoms with van der Waals surface area (Å²) in [4.78, 5) is 14.6. The molecule has 2 aromatic rings. The van der Waals surface area contributed by atoms with Crippen LogP contribution < -0.4 is 9.47 Å². The Morgan fingerprint density at radius 2 is 1.82 bits per heavy atom. The van der Waals surface area contributed by atoms with Crippen LogP contribution in [-0.4, -0.2) is 28.3 Å². The van der Waals surface area contributed by atoms with Gasteiger partial charge in [0.2, 0.25) is 0 Å². The van der Waals surface area contributed by atoms with Crippen LogP contribution in [0.15, 0.2) is 47.4 Å². The van der Waals surface area contributed by atoms with E-state index in [0.29, 0.717) is 40.5 Å². The summed E-state index contributed by atoms with van der Waals surface area (Å²) in [6.07, 6.45) is 1.85. The van der Waals surface area contributed by atoms with Gasteiger partial charge in [0, 0.05) is 6.54 Å². The number of carbonyl (C=O) groups excluding carboxylic acids is 1.